The molecule has 4 heterocycles. The van der Waals surface area contributed by atoms with E-state index in [2.05, 4.69) is 10.1 Å². The Morgan fingerprint density at radius 3 is 2.37 bits per heavy atom. The lowest BCUT2D eigenvalue weighted by molar-refractivity contribution is 0.0534. The zero-order valence-corrected chi connectivity index (χ0v) is 15.9. The number of nitrogens with one attached hydrogen (secondary N) is 1. The quantitative estimate of drug-likeness (QED) is 0.720. The Balaban J connectivity index is 1.46. The molecule has 0 radical (unpaired) electrons. The van der Waals surface area contributed by atoms with Crippen LogP contribution < -0.4 is 5.56 Å². The highest BCUT2D eigenvalue weighted by Crippen LogP contribution is 2.18. The van der Waals surface area contributed by atoms with E-state index in [1.54, 1.807) is 22.9 Å². The fourth-order valence-corrected chi connectivity index (χ4v) is 4.04. The Labute approximate surface area is 159 Å². The molecular formula is C18H19N5O3S. The van der Waals surface area contributed by atoms with E-state index in [0.717, 1.165) is 9.75 Å². The standard InChI is InChI=1S/C18H19N5O3S/c1-11-10-23-14(16(24)19-11)9-13(20-23)17(25)21-5-7-22(8-6-21)18(26)15-4-3-12(2)27-15/h3-4,9-10H,5-8H2,1-2H3,(H,19,24). The third-order valence-corrected chi connectivity index (χ3v) is 5.61. The highest BCUT2D eigenvalue weighted by atomic mass is 32.1. The average Bonchev–Trinajstić information content (AvgIpc) is 3.27. The van der Waals surface area contributed by atoms with Crippen LogP contribution >= 0.6 is 11.3 Å². The molecule has 27 heavy (non-hydrogen) atoms. The molecule has 0 aliphatic carbocycles. The monoisotopic (exact) mass is 385 g/mol. The molecule has 0 atom stereocenters. The topological polar surface area (TPSA) is 90.8 Å². The molecule has 1 fully saturated rings. The van der Waals surface area contributed by atoms with E-state index in [0.29, 0.717) is 37.4 Å². The van der Waals surface area contributed by atoms with Gasteiger partial charge in [-0.05, 0) is 26.0 Å². The van der Waals surface area contributed by atoms with Crippen molar-refractivity contribution in [3.8, 4) is 0 Å². The molecule has 3 aromatic heterocycles. The molecule has 1 aliphatic heterocycles. The van der Waals surface area contributed by atoms with E-state index in [1.807, 2.05) is 19.1 Å². The van der Waals surface area contributed by atoms with Crippen LogP contribution in [0.5, 0.6) is 0 Å². The molecule has 9 heteroatoms. The number of rotatable bonds is 2. The zero-order valence-electron chi connectivity index (χ0n) is 15.1. The normalized spacial score (nSPS) is 14.7. The van der Waals surface area contributed by atoms with Gasteiger partial charge in [-0.15, -0.1) is 11.3 Å². The molecule has 0 aromatic carbocycles. The van der Waals surface area contributed by atoms with Crippen LogP contribution in [0.1, 0.15) is 30.7 Å². The van der Waals surface area contributed by atoms with Crippen molar-refractivity contribution < 1.29 is 9.59 Å². The first-order valence-corrected chi connectivity index (χ1v) is 9.48. The number of hydrogen-bond donors (Lipinski definition) is 1. The van der Waals surface area contributed by atoms with Crippen LogP contribution in [0.3, 0.4) is 0 Å². The number of aromatic nitrogens is 3. The number of aryl methyl sites for hydroxylation is 2. The minimum absolute atomic E-state index is 0.00920. The minimum atomic E-state index is -0.275. The van der Waals surface area contributed by atoms with Crippen molar-refractivity contribution in [1.29, 1.82) is 0 Å². The SMILES string of the molecule is Cc1cn2nc(C(=O)N3CCN(C(=O)c4ccc(C)s4)CC3)cc2c(=O)[nH]1. The average molecular weight is 385 g/mol. The van der Waals surface area contributed by atoms with E-state index in [1.165, 1.54) is 21.9 Å². The molecule has 0 saturated carbocycles. The Kier molecular flexibility index (Phi) is 4.31. The summed E-state index contributed by atoms with van der Waals surface area (Å²) in [4.78, 5) is 45.2. The molecule has 0 bridgehead atoms. The maximum absolute atomic E-state index is 12.8. The lowest BCUT2D eigenvalue weighted by atomic mass is 10.2. The second-order valence-electron chi connectivity index (χ2n) is 6.62. The summed E-state index contributed by atoms with van der Waals surface area (Å²) in [7, 11) is 0. The number of H-pyrrole nitrogens is 1. The largest absolute Gasteiger partial charge is 0.334 e. The van der Waals surface area contributed by atoms with Gasteiger partial charge in [0.25, 0.3) is 17.4 Å². The third kappa shape index (κ3) is 3.25. The molecule has 4 rings (SSSR count). The second-order valence-corrected chi connectivity index (χ2v) is 7.91. The number of amides is 2. The van der Waals surface area contributed by atoms with Gasteiger partial charge in [0.15, 0.2) is 5.69 Å². The predicted octanol–water partition coefficient (Wildman–Crippen LogP) is 1.30. The maximum Gasteiger partial charge on any atom is 0.274 e. The Morgan fingerprint density at radius 1 is 1.07 bits per heavy atom. The summed E-state index contributed by atoms with van der Waals surface area (Å²) >= 11 is 1.48. The Morgan fingerprint density at radius 2 is 1.74 bits per heavy atom. The summed E-state index contributed by atoms with van der Waals surface area (Å²) in [6.07, 6.45) is 1.67. The number of carbonyl (C=O) groups excluding carboxylic acids is 2. The Bertz CT molecular complexity index is 1090. The van der Waals surface area contributed by atoms with Gasteiger partial charge in [0, 0.05) is 49.0 Å². The van der Waals surface area contributed by atoms with Crippen LogP contribution in [-0.2, 0) is 0 Å². The molecule has 3 aromatic rings. The first-order valence-electron chi connectivity index (χ1n) is 8.66. The van der Waals surface area contributed by atoms with Gasteiger partial charge in [0.05, 0.1) is 4.88 Å². The second kappa shape index (κ2) is 6.66. The van der Waals surface area contributed by atoms with Crippen LogP contribution in [-0.4, -0.2) is 62.4 Å². The zero-order chi connectivity index (χ0) is 19.1. The van der Waals surface area contributed by atoms with Gasteiger partial charge in [-0.25, -0.2) is 4.52 Å². The lowest BCUT2D eigenvalue weighted by Crippen LogP contribution is -2.50. The smallest absolute Gasteiger partial charge is 0.274 e. The van der Waals surface area contributed by atoms with Crippen molar-refractivity contribution in [2.75, 3.05) is 26.2 Å². The number of hydrogen-bond acceptors (Lipinski definition) is 5. The number of nitrogens with zero attached hydrogens (tertiary/aromatic N) is 4. The fourth-order valence-electron chi connectivity index (χ4n) is 3.21. The molecule has 2 amide bonds. The molecule has 1 saturated heterocycles. The molecule has 0 spiro atoms. The van der Waals surface area contributed by atoms with Crippen LogP contribution in [0.15, 0.2) is 29.2 Å². The number of thiophene rings is 1. The van der Waals surface area contributed by atoms with Gasteiger partial charge in [0.2, 0.25) is 0 Å². The van der Waals surface area contributed by atoms with Gasteiger partial charge in [0.1, 0.15) is 5.52 Å². The predicted molar refractivity (Wildman–Crippen MR) is 101 cm³/mol. The van der Waals surface area contributed by atoms with Gasteiger partial charge in [-0.2, -0.15) is 5.10 Å². The van der Waals surface area contributed by atoms with Gasteiger partial charge in [-0.1, -0.05) is 0 Å². The van der Waals surface area contributed by atoms with Crippen molar-refractivity contribution in [2.45, 2.75) is 13.8 Å². The van der Waals surface area contributed by atoms with E-state index in [4.69, 9.17) is 0 Å². The van der Waals surface area contributed by atoms with Crippen molar-refractivity contribution in [2.24, 2.45) is 0 Å². The van der Waals surface area contributed by atoms with Crippen LogP contribution in [0.4, 0.5) is 0 Å². The van der Waals surface area contributed by atoms with E-state index >= 15 is 0 Å². The fraction of sp³-hybridized carbons (Fsp3) is 0.333. The Hall–Kier alpha value is -2.94. The molecule has 1 aliphatic rings. The summed E-state index contributed by atoms with van der Waals surface area (Å²) in [5.74, 6) is -0.218. The third-order valence-electron chi connectivity index (χ3n) is 4.62. The maximum atomic E-state index is 12.8. The molecule has 1 N–H and O–H groups in total. The molecule has 140 valence electrons. The first kappa shape index (κ1) is 17.5. The van der Waals surface area contributed by atoms with Crippen molar-refractivity contribution in [3.63, 3.8) is 0 Å². The number of piperazine rings is 1. The van der Waals surface area contributed by atoms with Crippen molar-refractivity contribution in [3.05, 3.63) is 55.9 Å². The summed E-state index contributed by atoms with van der Waals surface area (Å²) in [5, 5.41) is 4.24. The van der Waals surface area contributed by atoms with E-state index < -0.39 is 0 Å². The summed E-state index contributed by atoms with van der Waals surface area (Å²) in [5.41, 5.74) is 0.972. The lowest BCUT2D eigenvalue weighted by Gasteiger charge is -2.34. The highest BCUT2D eigenvalue weighted by Gasteiger charge is 2.27. The van der Waals surface area contributed by atoms with Crippen LogP contribution in [0.2, 0.25) is 0 Å². The number of aromatic amines is 1. The molecule has 0 unspecified atom stereocenters. The molecular weight excluding hydrogens is 366 g/mol. The van der Waals surface area contributed by atoms with Crippen molar-refractivity contribution >= 4 is 28.7 Å². The first-order chi connectivity index (χ1) is 12.9. The number of carbonyl (C=O) groups is 2. The minimum Gasteiger partial charge on any atom is -0.334 e. The number of fused-ring (bicyclic) bond motifs is 1. The van der Waals surface area contributed by atoms with Crippen LogP contribution in [0, 0.1) is 13.8 Å². The van der Waals surface area contributed by atoms with Gasteiger partial charge >= 0.3 is 0 Å². The summed E-state index contributed by atoms with van der Waals surface area (Å²) in [6, 6.07) is 5.28. The van der Waals surface area contributed by atoms with E-state index in [9.17, 15) is 14.4 Å². The van der Waals surface area contributed by atoms with Gasteiger partial charge in [-0.3, -0.25) is 14.4 Å². The van der Waals surface area contributed by atoms with Gasteiger partial charge < -0.3 is 14.8 Å². The molecule has 8 nitrogen and oxygen atoms in total. The van der Waals surface area contributed by atoms with Crippen LogP contribution in [0.25, 0.3) is 5.52 Å². The van der Waals surface area contributed by atoms with E-state index in [-0.39, 0.29) is 23.1 Å². The van der Waals surface area contributed by atoms with Crippen molar-refractivity contribution in [1.82, 2.24) is 24.4 Å². The summed E-state index contributed by atoms with van der Waals surface area (Å²) in [6.45, 7) is 5.58. The highest BCUT2D eigenvalue weighted by molar-refractivity contribution is 7.13. The summed E-state index contributed by atoms with van der Waals surface area (Å²) < 4.78 is 1.43.